The van der Waals surface area contributed by atoms with E-state index < -0.39 is 11.7 Å². The SMILES string of the molecule is Cc1ccncc1NC(=O)c1ccc(C#CCO)cc1F. The summed E-state index contributed by atoms with van der Waals surface area (Å²) in [5, 5.41) is 11.2. The zero-order valence-corrected chi connectivity index (χ0v) is 11.4. The summed E-state index contributed by atoms with van der Waals surface area (Å²) < 4.78 is 13.9. The van der Waals surface area contributed by atoms with Crippen molar-refractivity contribution in [1.82, 2.24) is 4.98 Å². The Bertz CT molecular complexity index is 733. The molecule has 0 aliphatic carbocycles. The van der Waals surface area contributed by atoms with Crippen LogP contribution in [0.5, 0.6) is 0 Å². The van der Waals surface area contributed by atoms with Gasteiger partial charge in [0, 0.05) is 11.8 Å². The summed E-state index contributed by atoms with van der Waals surface area (Å²) in [6.45, 7) is 1.52. The second-order valence-corrected chi connectivity index (χ2v) is 4.30. The number of carbonyl (C=O) groups excluding carboxylic acids is 1. The van der Waals surface area contributed by atoms with Crippen LogP contribution in [0, 0.1) is 24.6 Å². The maximum Gasteiger partial charge on any atom is 0.258 e. The molecule has 0 aliphatic rings. The van der Waals surface area contributed by atoms with Gasteiger partial charge in [-0.25, -0.2) is 4.39 Å². The fraction of sp³-hybridized carbons (Fsp3) is 0.125. The van der Waals surface area contributed by atoms with Crippen molar-refractivity contribution in [3.8, 4) is 11.8 Å². The molecule has 2 rings (SSSR count). The van der Waals surface area contributed by atoms with Crippen LogP contribution in [0.2, 0.25) is 0 Å². The number of hydrogen-bond acceptors (Lipinski definition) is 3. The van der Waals surface area contributed by atoms with Crippen LogP contribution in [0.25, 0.3) is 0 Å². The summed E-state index contributed by atoms with van der Waals surface area (Å²) >= 11 is 0. The highest BCUT2D eigenvalue weighted by molar-refractivity contribution is 6.04. The van der Waals surface area contributed by atoms with Gasteiger partial charge in [0.05, 0.1) is 17.4 Å². The van der Waals surface area contributed by atoms with E-state index in [-0.39, 0.29) is 12.2 Å². The quantitative estimate of drug-likeness (QED) is 0.830. The van der Waals surface area contributed by atoms with Gasteiger partial charge in [0.15, 0.2) is 0 Å². The van der Waals surface area contributed by atoms with Gasteiger partial charge in [-0.3, -0.25) is 9.78 Å². The molecule has 0 aliphatic heterocycles. The maximum atomic E-state index is 13.9. The van der Waals surface area contributed by atoms with Crippen molar-refractivity contribution in [3.05, 3.63) is 59.2 Å². The minimum absolute atomic E-state index is 0.0761. The van der Waals surface area contributed by atoms with Gasteiger partial charge >= 0.3 is 0 Å². The monoisotopic (exact) mass is 284 g/mol. The lowest BCUT2D eigenvalue weighted by Crippen LogP contribution is -2.14. The molecule has 4 nitrogen and oxygen atoms in total. The fourth-order valence-electron chi connectivity index (χ4n) is 1.70. The molecule has 0 spiro atoms. The molecule has 0 unspecified atom stereocenters. The van der Waals surface area contributed by atoms with Gasteiger partial charge in [-0.1, -0.05) is 11.8 Å². The van der Waals surface area contributed by atoms with Crippen molar-refractivity contribution in [2.75, 3.05) is 11.9 Å². The Morgan fingerprint density at radius 2 is 2.24 bits per heavy atom. The Kier molecular flexibility index (Phi) is 4.64. The molecule has 106 valence electrons. The molecule has 1 aromatic heterocycles. The van der Waals surface area contributed by atoms with E-state index in [0.29, 0.717) is 11.3 Å². The second-order valence-electron chi connectivity index (χ2n) is 4.30. The minimum Gasteiger partial charge on any atom is -0.384 e. The van der Waals surface area contributed by atoms with Crippen LogP contribution in [0.3, 0.4) is 0 Å². The van der Waals surface area contributed by atoms with Crippen molar-refractivity contribution >= 4 is 11.6 Å². The molecule has 0 saturated carbocycles. The van der Waals surface area contributed by atoms with E-state index in [0.717, 1.165) is 11.6 Å². The van der Waals surface area contributed by atoms with Crippen LogP contribution in [-0.4, -0.2) is 22.6 Å². The zero-order chi connectivity index (χ0) is 15.2. The molecule has 21 heavy (non-hydrogen) atoms. The number of hydrogen-bond donors (Lipinski definition) is 2. The van der Waals surface area contributed by atoms with Crippen LogP contribution in [0.4, 0.5) is 10.1 Å². The third kappa shape index (κ3) is 3.65. The van der Waals surface area contributed by atoms with E-state index in [4.69, 9.17) is 5.11 Å². The van der Waals surface area contributed by atoms with Crippen molar-refractivity contribution in [2.24, 2.45) is 0 Å². The summed E-state index contributed by atoms with van der Waals surface area (Å²) in [4.78, 5) is 16.0. The van der Waals surface area contributed by atoms with Crippen molar-refractivity contribution < 1.29 is 14.3 Å². The number of aliphatic hydroxyl groups is 1. The van der Waals surface area contributed by atoms with Gasteiger partial charge in [-0.05, 0) is 36.8 Å². The van der Waals surface area contributed by atoms with Crippen molar-refractivity contribution in [1.29, 1.82) is 0 Å². The molecule has 2 N–H and O–H groups in total. The number of anilines is 1. The molecular weight excluding hydrogens is 271 g/mol. The number of pyridine rings is 1. The van der Waals surface area contributed by atoms with Gasteiger partial charge in [0.1, 0.15) is 12.4 Å². The van der Waals surface area contributed by atoms with Crippen LogP contribution in [0.15, 0.2) is 36.7 Å². The highest BCUT2D eigenvalue weighted by Crippen LogP contribution is 2.15. The Morgan fingerprint density at radius 3 is 2.90 bits per heavy atom. The topological polar surface area (TPSA) is 62.2 Å². The number of aromatic nitrogens is 1. The number of nitrogens with one attached hydrogen (secondary N) is 1. The number of rotatable bonds is 2. The number of benzene rings is 1. The van der Waals surface area contributed by atoms with E-state index in [1.54, 1.807) is 12.3 Å². The Morgan fingerprint density at radius 1 is 1.43 bits per heavy atom. The van der Waals surface area contributed by atoms with Crippen LogP contribution in [-0.2, 0) is 0 Å². The highest BCUT2D eigenvalue weighted by Gasteiger charge is 2.13. The van der Waals surface area contributed by atoms with Gasteiger partial charge in [-0.15, -0.1) is 0 Å². The predicted octanol–water partition coefficient (Wildman–Crippen LogP) is 2.13. The number of aryl methyl sites for hydroxylation is 1. The Balaban J connectivity index is 2.22. The molecule has 5 heteroatoms. The molecule has 0 saturated heterocycles. The lowest BCUT2D eigenvalue weighted by Gasteiger charge is -2.08. The number of amides is 1. The molecule has 1 heterocycles. The highest BCUT2D eigenvalue weighted by atomic mass is 19.1. The van der Waals surface area contributed by atoms with Gasteiger partial charge in [0.25, 0.3) is 5.91 Å². The van der Waals surface area contributed by atoms with E-state index in [2.05, 4.69) is 22.1 Å². The average molecular weight is 284 g/mol. The van der Waals surface area contributed by atoms with Crippen molar-refractivity contribution in [3.63, 3.8) is 0 Å². The number of halogens is 1. The third-order valence-electron chi connectivity index (χ3n) is 2.81. The Hall–Kier alpha value is -2.71. The van der Waals surface area contributed by atoms with Gasteiger partial charge in [-0.2, -0.15) is 0 Å². The fourth-order valence-corrected chi connectivity index (χ4v) is 1.70. The minimum atomic E-state index is -0.668. The largest absolute Gasteiger partial charge is 0.384 e. The first-order valence-corrected chi connectivity index (χ1v) is 6.23. The molecule has 0 bridgehead atoms. The number of aliphatic hydroxyl groups excluding tert-OH is 1. The van der Waals surface area contributed by atoms with Crippen LogP contribution in [0.1, 0.15) is 21.5 Å². The van der Waals surface area contributed by atoms with Crippen LogP contribution < -0.4 is 5.32 Å². The lowest BCUT2D eigenvalue weighted by molar-refractivity contribution is 0.102. The molecule has 0 atom stereocenters. The third-order valence-corrected chi connectivity index (χ3v) is 2.81. The average Bonchev–Trinajstić information content (AvgIpc) is 2.47. The Labute approximate surface area is 121 Å². The molecule has 2 aromatic rings. The second kappa shape index (κ2) is 6.64. The summed E-state index contributed by atoms with van der Waals surface area (Å²) in [5.41, 5.74) is 1.69. The van der Waals surface area contributed by atoms with Gasteiger partial charge in [0.2, 0.25) is 0 Å². The first-order chi connectivity index (χ1) is 10.1. The van der Waals surface area contributed by atoms with E-state index in [1.807, 2.05) is 6.92 Å². The van der Waals surface area contributed by atoms with Crippen LogP contribution >= 0.6 is 0 Å². The summed E-state index contributed by atoms with van der Waals surface area (Å²) in [6.07, 6.45) is 3.12. The molecule has 0 radical (unpaired) electrons. The zero-order valence-electron chi connectivity index (χ0n) is 11.4. The molecule has 1 aromatic carbocycles. The smallest absolute Gasteiger partial charge is 0.258 e. The standard InChI is InChI=1S/C16H13FN2O2/c1-11-6-7-18-10-15(11)19-16(21)13-5-4-12(3-2-8-20)9-14(13)17/h4-7,9-10,20H,8H2,1H3,(H,19,21). The molecule has 0 fully saturated rings. The summed E-state index contributed by atoms with van der Waals surface area (Å²) in [7, 11) is 0. The first kappa shape index (κ1) is 14.7. The van der Waals surface area contributed by atoms with Gasteiger partial charge < -0.3 is 10.4 Å². The lowest BCUT2D eigenvalue weighted by atomic mass is 10.1. The van der Waals surface area contributed by atoms with Crippen molar-refractivity contribution in [2.45, 2.75) is 6.92 Å². The first-order valence-electron chi connectivity index (χ1n) is 6.23. The summed E-state index contributed by atoms with van der Waals surface area (Å²) in [5.74, 6) is 3.78. The number of carbonyl (C=O) groups is 1. The summed E-state index contributed by atoms with van der Waals surface area (Å²) in [6, 6.07) is 5.79. The molecule has 1 amide bonds. The van der Waals surface area contributed by atoms with E-state index in [1.165, 1.54) is 18.3 Å². The maximum absolute atomic E-state index is 13.9. The normalized spacial score (nSPS) is 9.67. The molecular formula is C16H13FN2O2. The van der Waals surface area contributed by atoms with E-state index >= 15 is 0 Å². The number of nitrogens with zero attached hydrogens (tertiary/aromatic N) is 1. The predicted molar refractivity (Wildman–Crippen MR) is 77.3 cm³/mol. The van der Waals surface area contributed by atoms with E-state index in [9.17, 15) is 9.18 Å².